The molecule has 3 heteroatoms. The van der Waals surface area contributed by atoms with Crippen LogP contribution in [-0.4, -0.2) is 15.6 Å². The summed E-state index contributed by atoms with van der Waals surface area (Å²) in [4.78, 5) is 0. The topological polar surface area (TPSA) is 8.81 Å². The third-order valence-electron chi connectivity index (χ3n) is 14.5. The highest BCUT2D eigenvalue weighted by atomic mass is 32.2. The van der Waals surface area contributed by atoms with Crippen molar-refractivity contribution in [3.05, 3.63) is 18.7 Å². The van der Waals surface area contributed by atoms with Gasteiger partial charge in [-0.25, -0.2) is 9.13 Å². The fraction of sp³-hybridized carbons (Fsp3) is 0.949. The average molecular weight is 887 g/mol. The number of imidazole rings is 1. The summed E-state index contributed by atoms with van der Waals surface area (Å²) in [5.41, 5.74) is 0. The maximum Gasteiger partial charge on any atom is 0.243 e. The lowest BCUT2D eigenvalue weighted by atomic mass is 9.89. The van der Waals surface area contributed by atoms with Gasteiger partial charge in [-0.1, -0.05) is 291 Å². The molecule has 0 aliphatic rings. The highest BCUT2D eigenvalue weighted by molar-refractivity contribution is 7.99. The Balaban J connectivity index is 2.40. The molecule has 0 saturated carbocycles. The number of hydrogen-bond donors (Lipinski definition) is 0. The molecular weight excluding hydrogens is 769 g/mol. The van der Waals surface area contributed by atoms with Crippen molar-refractivity contribution in [1.29, 1.82) is 0 Å². The van der Waals surface area contributed by atoms with Gasteiger partial charge >= 0.3 is 0 Å². The number of thioether (sulfide) groups is 1. The van der Waals surface area contributed by atoms with Crippen molar-refractivity contribution in [1.82, 2.24) is 4.57 Å². The lowest BCUT2D eigenvalue weighted by Crippen LogP contribution is -2.23. The lowest BCUT2D eigenvalue weighted by molar-refractivity contribution is -0.671. The Morgan fingerprint density at radius 2 is 0.790 bits per heavy atom. The van der Waals surface area contributed by atoms with Crippen molar-refractivity contribution in [2.75, 3.05) is 5.75 Å². The quantitative estimate of drug-likeness (QED) is 0.0468. The molecule has 1 rings (SSSR count). The Labute approximate surface area is 397 Å². The first-order valence-electron chi connectivity index (χ1n) is 29.1. The summed E-state index contributed by atoms with van der Waals surface area (Å²) in [6, 6.07) is 0. The number of rotatable bonds is 51. The largest absolute Gasteiger partial charge is 0.243 e. The summed E-state index contributed by atoms with van der Waals surface area (Å²) in [6.45, 7) is 13.1. The number of aromatic nitrogens is 2. The second-order valence-corrected chi connectivity index (χ2v) is 22.9. The molecule has 0 aromatic carbocycles. The number of hydrogen-bond acceptors (Lipinski definition) is 1. The van der Waals surface area contributed by atoms with E-state index < -0.39 is 0 Å². The van der Waals surface area contributed by atoms with Gasteiger partial charge in [0.2, 0.25) is 6.33 Å². The van der Waals surface area contributed by atoms with E-state index in [1.807, 2.05) is 0 Å². The van der Waals surface area contributed by atoms with Crippen LogP contribution in [0.1, 0.15) is 317 Å². The summed E-state index contributed by atoms with van der Waals surface area (Å²) in [7, 11) is 2.14. The van der Waals surface area contributed by atoms with E-state index in [1.54, 1.807) is 0 Å². The number of nitrogens with zero attached hydrogens (tertiary/aromatic N) is 2. The third kappa shape index (κ3) is 42.2. The Bertz CT molecular complexity index is 951. The zero-order valence-corrected chi connectivity index (χ0v) is 44.7. The zero-order valence-electron chi connectivity index (χ0n) is 43.9. The molecule has 2 unspecified atom stereocenters. The Hall–Kier alpha value is -0.440. The molecular formula is C59H117N2S+. The van der Waals surface area contributed by atoms with Crippen molar-refractivity contribution in [3.8, 4) is 0 Å². The second kappa shape index (κ2) is 47.1. The highest BCUT2D eigenvalue weighted by Gasteiger charge is 2.15. The minimum atomic E-state index is 0.852. The van der Waals surface area contributed by atoms with Crippen molar-refractivity contribution < 1.29 is 4.57 Å². The minimum Gasteiger partial charge on any atom is -0.240 e. The molecule has 2 nitrogen and oxygen atoms in total. The lowest BCUT2D eigenvalue weighted by Gasteiger charge is -2.21. The van der Waals surface area contributed by atoms with Crippen LogP contribution in [0.5, 0.6) is 0 Å². The van der Waals surface area contributed by atoms with Crippen molar-refractivity contribution >= 4 is 11.8 Å². The highest BCUT2D eigenvalue weighted by Crippen LogP contribution is 2.30. The first-order valence-corrected chi connectivity index (χ1v) is 30.1. The molecule has 0 aliphatic heterocycles. The first kappa shape index (κ1) is 59.6. The van der Waals surface area contributed by atoms with E-state index in [1.165, 1.54) is 288 Å². The van der Waals surface area contributed by atoms with Gasteiger partial charge in [0.1, 0.15) is 12.4 Å². The van der Waals surface area contributed by atoms with Crippen molar-refractivity contribution in [3.63, 3.8) is 0 Å². The van der Waals surface area contributed by atoms with E-state index >= 15 is 0 Å². The second-order valence-electron chi connectivity index (χ2n) is 21.5. The van der Waals surface area contributed by atoms with Crippen molar-refractivity contribution in [2.24, 2.45) is 24.8 Å². The molecule has 62 heavy (non-hydrogen) atoms. The van der Waals surface area contributed by atoms with Crippen LogP contribution in [0.25, 0.3) is 0 Å². The third-order valence-corrected chi connectivity index (χ3v) is 16.0. The van der Waals surface area contributed by atoms with Gasteiger partial charge in [0, 0.05) is 5.25 Å². The standard InChI is InChI=1S/C59H117N2S/c1-7-9-11-13-15-17-19-21-23-25-27-29-31-33-35-37-45-58(46-38-36-34-32-30-28-26-24-22-20-18-16-14-12-10-8-2)47-39-40-48-59(50-49-57(5)44-41-43-56(3)4)62-54-42-51-61-53-52-60(6)55-61/h52-53,55-59H,7-51,54H2,1-6H3/q+1. The summed E-state index contributed by atoms with van der Waals surface area (Å²) >= 11 is 2.32. The van der Waals surface area contributed by atoms with Gasteiger partial charge in [-0.3, -0.25) is 0 Å². The Kier molecular flexibility index (Phi) is 45.2. The monoisotopic (exact) mass is 886 g/mol. The zero-order chi connectivity index (χ0) is 44.8. The predicted octanol–water partition coefficient (Wildman–Crippen LogP) is 20.5. The molecule has 1 heterocycles. The molecule has 0 amide bonds. The van der Waals surface area contributed by atoms with E-state index in [-0.39, 0.29) is 0 Å². The van der Waals surface area contributed by atoms with E-state index in [0.29, 0.717) is 0 Å². The molecule has 1 aromatic heterocycles. The summed E-state index contributed by atoms with van der Waals surface area (Å²) in [5.74, 6) is 4.05. The van der Waals surface area contributed by atoms with Crippen LogP contribution < -0.4 is 4.57 Å². The summed E-state index contributed by atoms with van der Waals surface area (Å²) in [5, 5.41) is 0.863. The molecule has 0 radical (unpaired) electrons. The Morgan fingerprint density at radius 1 is 0.403 bits per heavy atom. The van der Waals surface area contributed by atoms with E-state index in [9.17, 15) is 0 Å². The van der Waals surface area contributed by atoms with Crippen LogP contribution >= 0.6 is 11.8 Å². The normalized spacial score (nSPS) is 13.0. The van der Waals surface area contributed by atoms with Gasteiger partial charge in [0.15, 0.2) is 0 Å². The molecule has 0 aliphatic carbocycles. The first-order chi connectivity index (χ1) is 30.4. The van der Waals surface area contributed by atoms with Gasteiger partial charge in [-0.15, -0.1) is 0 Å². The molecule has 0 fully saturated rings. The van der Waals surface area contributed by atoms with Crippen LogP contribution in [0.4, 0.5) is 0 Å². The molecule has 0 spiro atoms. The van der Waals surface area contributed by atoms with E-state index in [2.05, 4.69) is 81.3 Å². The maximum atomic E-state index is 2.54. The van der Waals surface area contributed by atoms with Crippen LogP contribution in [0, 0.1) is 17.8 Å². The van der Waals surface area contributed by atoms with Gasteiger partial charge in [-0.2, -0.15) is 11.8 Å². The minimum absolute atomic E-state index is 0.852. The summed E-state index contributed by atoms with van der Waals surface area (Å²) in [6.07, 6.45) is 71.1. The van der Waals surface area contributed by atoms with Crippen LogP contribution in [0.2, 0.25) is 0 Å². The smallest absolute Gasteiger partial charge is 0.240 e. The summed E-state index contributed by atoms with van der Waals surface area (Å²) < 4.78 is 4.54. The number of aryl methyl sites for hydroxylation is 2. The fourth-order valence-corrected chi connectivity index (χ4v) is 11.4. The van der Waals surface area contributed by atoms with Crippen LogP contribution in [-0.2, 0) is 13.6 Å². The van der Waals surface area contributed by atoms with Crippen molar-refractivity contribution in [2.45, 2.75) is 329 Å². The van der Waals surface area contributed by atoms with Crippen LogP contribution in [0.3, 0.4) is 0 Å². The molecule has 0 bridgehead atoms. The van der Waals surface area contributed by atoms with Gasteiger partial charge in [0.05, 0.1) is 13.6 Å². The molecule has 2 atom stereocenters. The van der Waals surface area contributed by atoms with E-state index in [0.717, 1.165) is 29.5 Å². The average Bonchev–Trinajstić information content (AvgIpc) is 3.68. The SMILES string of the molecule is CCCCCCCCCCCCCCCCCCC(CCCCCCCCCCCCCCCCCC)CCCCC(CCC(C)CCCC(C)C)SCCCn1cc[n+](C)c1. The molecule has 1 aromatic rings. The maximum absolute atomic E-state index is 2.54. The molecule has 0 N–H and O–H groups in total. The van der Waals surface area contributed by atoms with Gasteiger partial charge in [-0.05, 0) is 49.2 Å². The Morgan fingerprint density at radius 3 is 1.18 bits per heavy atom. The van der Waals surface area contributed by atoms with Gasteiger partial charge < -0.3 is 0 Å². The van der Waals surface area contributed by atoms with Gasteiger partial charge in [0.25, 0.3) is 0 Å². The van der Waals surface area contributed by atoms with Crippen LogP contribution in [0.15, 0.2) is 18.7 Å². The molecule has 368 valence electrons. The molecule has 0 saturated heterocycles. The van der Waals surface area contributed by atoms with E-state index in [4.69, 9.17) is 0 Å². The predicted molar refractivity (Wildman–Crippen MR) is 284 cm³/mol. The number of unbranched alkanes of at least 4 members (excludes halogenated alkanes) is 31. The fourth-order valence-electron chi connectivity index (χ4n) is 10.1.